The van der Waals surface area contributed by atoms with Gasteiger partial charge in [-0.3, -0.25) is 0 Å². The van der Waals surface area contributed by atoms with Gasteiger partial charge >= 0.3 is 0 Å². The average molecular weight is 136 g/mol. The lowest BCUT2D eigenvalue weighted by Gasteiger charge is -1.92. The van der Waals surface area contributed by atoms with Gasteiger partial charge in [-0.1, -0.05) is 14.3 Å². The maximum Gasteiger partial charge on any atom is -0.0270 e. The Labute approximate surface area is 57.0 Å². The fourth-order valence-corrected chi connectivity index (χ4v) is 2.22. The Bertz CT molecular complexity index is 195. The molecular formula is C8H9P. The highest BCUT2D eigenvalue weighted by Gasteiger charge is 2.07. The largest absolute Gasteiger partial charge is 0.0762 e. The van der Waals surface area contributed by atoms with E-state index in [-0.39, 0.29) is 0 Å². The Kier molecular flexibility index (Phi) is 1.28. The Morgan fingerprint density at radius 1 is 1.22 bits per heavy atom. The van der Waals surface area contributed by atoms with Gasteiger partial charge in [0.2, 0.25) is 0 Å². The number of aryl methyl sites for hydroxylation is 2. The van der Waals surface area contributed by atoms with Gasteiger partial charge in [0.15, 0.2) is 0 Å². The van der Waals surface area contributed by atoms with Crippen LogP contribution < -0.4 is 0 Å². The summed E-state index contributed by atoms with van der Waals surface area (Å²) in [5.41, 5.74) is 3.20. The first kappa shape index (κ1) is 5.44. The molecule has 1 aromatic heterocycles. The molecule has 46 valence electrons. The summed E-state index contributed by atoms with van der Waals surface area (Å²) in [5.74, 6) is 4.56. The van der Waals surface area contributed by atoms with Crippen molar-refractivity contribution >= 4 is 8.19 Å². The molecule has 1 aliphatic carbocycles. The molecule has 1 heteroatoms. The van der Waals surface area contributed by atoms with Crippen molar-refractivity contribution in [3.05, 3.63) is 28.8 Å². The second-order valence-corrected chi connectivity index (χ2v) is 3.35. The molecule has 2 rings (SSSR count). The molecule has 0 amide bonds. The zero-order valence-electron chi connectivity index (χ0n) is 5.30. The first-order valence-electron chi connectivity index (χ1n) is 3.38. The Morgan fingerprint density at radius 2 is 2.11 bits per heavy atom. The molecule has 9 heavy (non-hydrogen) atoms. The van der Waals surface area contributed by atoms with Crippen LogP contribution in [0.5, 0.6) is 0 Å². The van der Waals surface area contributed by atoms with Gasteiger partial charge in [0, 0.05) is 0 Å². The van der Waals surface area contributed by atoms with Crippen molar-refractivity contribution in [1.82, 2.24) is 0 Å². The van der Waals surface area contributed by atoms with E-state index in [2.05, 4.69) is 17.7 Å². The lowest BCUT2D eigenvalue weighted by atomic mass is 10.2. The molecule has 0 fully saturated rings. The summed E-state index contributed by atoms with van der Waals surface area (Å²) in [6, 6.07) is 2.28. The summed E-state index contributed by atoms with van der Waals surface area (Å²) in [7, 11) is 1.38. The van der Waals surface area contributed by atoms with Gasteiger partial charge in [-0.15, -0.1) is 0 Å². The highest BCUT2D eigenvalue weighted by molar-refractivity contribution is 7.28. The second-order valence-electron chi connectivity index (χ2n) is 2.50. The topological polar surface area (TPSA) is 0 Å². The third kappa shape index (κ3) is 0.881. The van der Waals surface area contributed by atoms with Crippen molar-refractivity contribution < 1.29 is 0 Å². The Hall–Kier alpha value is -0.350. The van der Waals surface area contributed by atoms with Crippen LogP contribution in [0.3, 0.4) is 0 Å². The standard InChI is InChI=1S/C8H9P/c1-2-7-4-5-9-6-8(7)3-1/h4-6H,1-3H2. The third-order valence-corrected chi connectivity index (χ3v) is 2.68. The van der Waals surface area contributed by atoms with Crippen LogP contribution in [0, 0.1) is 0 Å². The SMILES string of the molecule is c1cc2c(cp1)CCC2. The second kappa shape index (κ2) is 2.11. The van der Waals surface area contributed by atoms with E-state index in [0.717, 1.165) is 0 Å². The van der Waals surface area contributed by atoms with Crippen LogP contribution in [0.1, 0.15) is 17.5 Å². The number of rotatable bonds is 0. The minimum Gasteiger partial charge on any atom is -0.0762 e. The minimum atomic E-state index is 1.32. The lowest BCUT2D eigenvalue weighted by molar-refractivity contribution is 0.912. The van der Waals surface area contributed by atoms with E-state index >= 15 is 0 Å². The van der Waals surface area contributed by atoms with Crippen molar-refractivity contribution in [2.45, 2.75) is 19.3 Å². The molecule has 0 aromatic carbocycles. The molecule has 1 aromatic rings. The summed E-state index contributed by atoms with van der Waals surface area (Å²) < 4.78 is 0. The number of hydrogen-bond acceptors (Lipinski definition) is 0. The summed E-state index contributed by atoms with van der Waals surface area (Å²) in [6.07, 6.45) is 4.02. The first-order valence-corrected chi connectivity index (χ1v) is 4.42. The van der Waals surface area contributed by atoms with Crippen LogP contribution in [-0.4, -0.2) is 0 Å². The zero-order chi connectivity index (χ0) is 6.10. The first-order chi connectivity index (χ1) is 4.47. The summed E-state index contributed by atoms with van der Waals surface area (Å²) >= 11 is 0. The maximum atomic E-state index is 2.34. The van der Waals surface area contributed by atoms with Gasteiger partial charge in [0.05, 0.1) is 0 Å². The fourth-order valence-electron chi connectivity index (χ4n) is 1.39. The monoisotopic (exact) mass is 136 g/mol. The van der Waals surface area contributed by atoms with E-state index in [0.29, 0.717) is 0 Å². The normalized spacial score (nSPS) is 16.4. The molecule has 0 aliphatic heterocycles. The van der Waals surface area contributed by atoms with Crippen molar-refractivity contribution in [3.63, 3.8) is 0 Å². The van der Waals surface area contributed by atoms with Crippen molar-refractivity contribution in [2.75, 3.05) is 0 Å². The van der Waals surface area contributed by atoms with Crippen LogP contribution >= 0.6 is 8.19 Å². The van der Waals surface area contributed by atoms with Crippen LogP contribution in [0.25, 0.3) is 0 Å². The van der Waals surface area contributed by atoms with Crippen LogP contribution in [-0.2, 0) is 12.8 Å². The smallest absolute Gasteiger partial charge is 0.0270 e. The quantitative estimate of drug-likeness (QED) is 0.514. The highest BCUT2D eigenvalue weighted by Crippen LogP contribution is 2.23. The van der Waals surface area contributed by atoms with Crippen molar-refractivity contribution in [2.24, 2.45) is 0 Å². The number of hydrogen-bond donors (Lipinski definition) is 0. The molecule has 0 nitrogen and oxygen atoms in total. The number of fused-ring (bicyclic) bond motifs is 1. The third-order valence-electron chi connectivity index (χ3n) is 1.90. The van der Waals surface area contributed by atoms with E-state index < -0.39 is 0 Å². The molecule has 1 heterocycles. The summed E-state index contributed by atoms with van der Waals surface area (Å²) in [6.45, 7) is 0. The summed E-state index contributed by atoms with van der Waals surface area (Å²) in [5, 5.41) is 0. The van der Waals surface area contributed by atoms with E-state index in [1.807, 2.05) is 0 Å². The molecule has 0 atom stereocenters. The van der Waals surface area contributed by atoms with Gasteiger partial charge in [0.1, 0.15) is 0 Å². The van der Waals surface area contributed by atoms with Gasteiger partial charge in [-0.05, 0) is 42.0 Å². The van der Waals surface area contributed by atoms with Gasteiger partial charge in [-0.2, -0.15) is 0 Å². The van der Waals surface area contributed by atoms with Gasteiger partial charge < -0.3 is 0 Å². The van der Waals surface area contributed by atoms with Crippen LogP contribution in [0.2, 0.25) is 0 Å². The van der Waals surface area contributed by atoms with E-state index in [4.69, 9.17) is 0 Å². The molecule has 0 unspecified atom stereocenters. The summed E-state index contributed by atoms with van der Waals surface area (Å²) in [4.78, 5) is 0. The Morgan fingerprint density at radius 3 is 3.00 bits per heavy atom. The van der Waals surface area contributed by atoms with E-state index in [1.54, 1.807) is 11.1 Å². The fraction of sp³-hybridized carbons (Fsp3) is 0.375. The van der Waals surface area contributed by atoms with Crippen molar-refractivity contribution in [1.29, 1.82) is 0 Å². The Balaban J connectivity index is 2.54. The van der Waals surface area contributed by atoms with Crippen LogP contribution in [0.15, 0.2) is 17.7 Å². The zero-order valence-corrected chi connectivity index (χ0v) is 6.20. The average Bonchev–Trinajstić information content (AvgIpc) is 2.33. The minimum absolute atomic E-state index is 1.32. The van der Waals surface area contributed by atoms with E-state index in [1.165, 1.54) is 27.5 Å². The maximum absolute atomic E-state index is 2.34. The molecule has 0 radical (unpaired) electrons. The van der Waals surface area contributed by atoms with E-state index in [9.17, 15) is 0 Å². The molecule has 0 saturated carbocycles. The molecular weight excluding hydrogens is 127 g/mol. The predicted molar refractivity (Wildman–Crippen MR) is 41.0 cm³/mol. The molecule has 0 spiro atoms. The van der Waals surface area contributed by atoms with Crippen LogP contribution in [0.4, 0.5) is 0 Å². The molecule has 0 saturated heterocycles. The molecule has 0 N–H and O–H groups in total. The molecule has 1 aliphatic rings. The van der Waals surface area contributed by atoms with Gasteiger partial charge in [0.25, 0.3) is 0 Å². The van der Waals surface area contributed by atoms with Crippen molar-refractivity contribution in [3.8, 4) is 0 Å². The predicted octanol–water partition coefficient (Wildman–Crippen LogP) is 2.76. The molecule has 0 bridgehead atoms. The van der Waals surface area contributed by atoms with Gasteiger partial charge in [-0.25, -0.2) is 0 Å². The lowest BCUT2D eigenvalue weighted by Crippen LogP contribution is -1.74. The highest BCUT2D eigenvalue weighted by atomic mass is 31.0.